The minimum Gasteiger partial charge on any atom is -0.459 e. The number of fused-ring (bicyclic) bond motifs is 5. The zero-order valence-electron chi connectivity index (χ0n) is 32.9. The summed E-state index contributed by atoms with van der Waals surface area (Å²) >= 11 is 0. The second-order valence-corrected chi connectivity index (χ2v) is 16.9. The molecular formula is C42H59N5O8. The average molecular weight is 762 g/mol. The van der Waals surface area contributed by atoms with E-state index in [9.17, 15) is 19.2 Å². The molecule has 55 heavy (non-hydrogen) atoms. The largest absolute Gasteiger partial charge is 0.459 e. The molecule has 5 N–H and O–H groups in total. The Morgan fingerprint density at radius 3 is 2.36 bits per heavy atom. The van der Waals surface area contributed by atoms with Crippen LogP contribution in [-0.2, 0) is 28.5 Å². The topological polar surface area (TPSA) is 185 Å². The molecule has 0 radical (unpaired) electrons. The molecule has 0 bridgehead atoms. The van der Waals surface area contributed by atoms with Gasteiger partial charge in [0.25, 0.3) is 5.91 Å². The molecule has 4 saturated carbocycles. The van der Waals surface area contributed by atoms with Crippen LogP contribution in [0.4, 0.5) is 0 Å². The second-order valence-electron chi connectivity index (χ2n) is 16.9. The van der Waals surface area contributed by atoms with Crippen molar-refractivity contribution in [3.8, 4) is 0 Å². The molecular weight excluding hydrogens is 702 g/mol. The highest BCUT2D eigenvalue weighted by molar-refractivity contribution is 5.90. The highest BCUT2D eigenvalue weighted by Crippen LogP contribution is 2.69. The molecule has 0 saturated heterocycles. The van der Waals surface area contributed by atoms with Crippen molar-refractivity contribution in [1.82, 2.24) is 15.4 Å². The molecule has 13 heteroatoms. The Labute approximate surface area is 324 Å². The van der Waals surface area contributed by atoms with E-state index in [-0.39, 0.29) is 65.7 Å². The van der Waals surface area contributed by atoms with E-state index < -0.39 is 12.2 Å². The lowest BCUT2D eigenvalue weighted by atomic mass is 9.43. The number of nitrogens with two attached hydrogens (primary N) is 2. The van der Waals surface area contributed by atoms with Crippen molar-refractivity contribution in [1.29, 1.82) is 0 Å². The van der Waals surface area contributed by atoms with E-state index in [1.54, 1.807) is 50.9 Å². The number of amides is 2. The summed E-state index contributed by atoms with van der Waals surface area (Å²) in [5.41, 5.74) is 3.45. The maximum absolute atomic E-state index is 13.8. The number of ether oxygens (including phenoxy) is 4. The van der Waals surface area contributed by atoms with Gasteiger partial charge in [-0.15, -0.1) is 0 Å². The van der Waals surface area contributed by atoms with Gasteiger partial charge >= 0.3 is 11.9 Å². The van der Waals surface area contributed by atoms with Crippen molar-refractivity contribution in [2.75, 3.05) is 20.8 Å². The summed E-state index contributed by atoms with van der Waals surface area (Å²) in [7, 11) is 3.13. The molecule has 1 heterocycles. The summed E-state index contributed by atoms with van der Waals surface area (Å²) in [6.45, 7) is 6.65. The fourth-order valence-electron chi connectivity index (χ4n) is 11.5. The van der Waals surface area contributed by atoms with Gasteiger partial charge in [0.05, 0.1) is 11.1 Å². The number of nitrogens with zero attached hydrogens (tertiary/aromatic N) is 2. The Morgan fingerprint density at radius 2 is 1.65 bits per heavy atom. The van der Waals surface area contributed by atoms with Crippen LogP contribution in [0.25, 0.3) is 0 Å². The zero-order chi connectivity index (χ0) is 39.5. The van der Waals surface area contributed by atoms with E-state index in [1.165, 1.54) is 0 Å². The monoisotopic (exact) mass is 761 g/mol. The van der Waals surface area contributed by atoms with Gasteiger partial charge in [-0.05, 0) is 123 Å². The summed E-state index contributed by atoms with van der Waals surface area (Å²) < 4.78 is 23.6. The maximum atomic E-state index is 13.8. The summed E-state index contributed by atoms with van der Waals surface area (Å²) in [5, 5.41) is 0.921. The molecule has 1 aromatic heterocycles. The quantitative estimate of drug-likeness (QED) is 0.0770. The van der Waals surface area contributed by atoms with Crippen LogP contribution in [0, 0.1) is 46.3 Å². The summed E-state index contributed by atoms with van der Waals surface area (Å²) in [5.74, 6) is 11.5. The fraction of sp³-hybridized carbons (Fsp3) is 0.643. The predicted octanol–water partition coefficient (Wildman–Crippen LogP) is 5.50. The number of methoxy groups -OCH3 is 2. The molecule has 0 aliphatic heterocycles. The lowest BCUT2D eigenvalue weighted by Gasteiger charge is -2.62. The van der Waals surface area contributed by atoms with Gasteiger partial charge in [-0.1, -0.05) is 32.9 Å². The van der Waals surface area contributed by atoms with Crippen molar-refractivity contribution < 1.29 is 38.1 Å². The molecule has 13 nitrogen and oxygen atoms in total. The lowest BCUT2D eigenvalue weighted by Crippen LogP contribution is -2.59. The van der Waals surface area contributed by atoms with Gasteiger partial charge in [-0.25, -0.2) is 21.3 Å². The van der Waals surface area contributed by atoms with Gasteiger partial charge in [0.15, 0.2) is 6.29 Å². The first-order valence-corrected chi connectivity index (χ1v) is 19.9. The second kappa shape index (κ2) is 17.1. The Morgan fingerprint density at radius 1 is 0.927 bits per heavy atom. The first-order chi connectivity index (χ1) is 26.3. The van der Waals surface area contributed by atoms with Gasteiger partial charge in [0.1, 0.15) is 18.8 Å². The number of esters is 2. The summed E-state index contributed by atoms with van der Waals surface area (Å²) in [6, 6.07) is 10.6. The standard InChI is InChI=1S/C42H59N5O8/c1-25(9-14-37(49)47(44)24-36(48)46-43)32-12-13-33-31-11-10-29-22-30(54-39(51)27-7-6-8-28(21-27)40(52-4)53-5)15-18-41(29,2)34(31)23-35(42(32,33)3)55-38(50)26-16-19-45-20-17-26/h6-8,16-17,19-21,25,29-35,40H,9-15,18,22-24,43-44H2,1-5H3,(H,46,48)/t25-,29-,30-,31+,32-,33+,34+,35+,41+,42-/m1/s1. The molecule has 4 aliphatic rings. The number of benzene rings is 1. The third-order valence-electron chi connectivity index (χ3n) is 14.3. The number of carbonyl (C=O) groups excluding carboxylic acids is 4. The van der Waals surface area contributed by atoms with E-state index in [1.807, 2.05) is 17.6 Å². The number of pyridine rings is 1. The average Bonchev–Trinajstić information content (AvgIpc) is 3.56. The van der Waals surface area contributed by atoms with Crippen LogP contribution in [0.5, 0.6) is 0 Å². The number of hydrogen-bond donors (Lipinski definition) is 3. The van der Waals surface area contributed by atoms with E-state index in [0.29, 0.717) is 41.2 Å². The van der Waals surface area contributed by atoms with Crippen LogP contribution in [0.2, 0.25) is 0 Å². The first kappa shape index (κ1) is 40.7. The third kappa shape index (κ3) is 8.17. The van der Waals surface area contributed by atoms with Gasteiger partial charge in [-0.3, -0.25) is 25.0 Å². The van der Waals surface area contributed by atoms with Gasteiger partial charge in [-0.2, -0.15) is 0 Å². The Bertz CT molecular complexity index is 1690. The van der Waals surface area contributed by atoms with Crippen LogP contribution in [0.1, 0.15) is 118 Å². The molecule has 0 spiro atoms. The van der Waals surface area contributed by atoms with E-state index in [0.717, 1.165) is 61.9 Å². The number of carbonyl (C=O) groups is 4. The number of rotatable bonds is 13. The van der Waals surface area contributed by atoms with Gasteiger partial charge in [0, 0.05) is 44.0 Å². The van der Waals surface area contributed by atoms with E-state index >= 15 is 0 Å². The molecule has 4 fully saturated rings. The van der Waals surface area contributed by atoms with Crippen molar-refractivity contribution >= 4 is 23.8 Å². The molecule has 1 aromatic carbocycles. The minimum atomic E-state index is -0.564. The fourth-order valence-corrected chi connectivity index (χ4v) is 11.5. The summed E-state index contributed by atoms with van der Waals surface area (Å²) in [4.78, 5) is 55.9. The van der Waals surface area contributed by atoms with Crippen molar-refractivity contribution in [2.45, 2.75) is 103 Å². The first-order valence-electron chi connectivity index (χ1n) is 19.9. The van der Waals surface area contributed by atoms with Crippen LogP contribution >= 0.6 is 0 Å². The lowest BCUT2D eigenvalue weighted by molar-refractivity contribution is -0.176. The van der Waals surface area contributed by atoms with Gasteiger partial charge < -0.3 is 18.9 Å². The summed E-state index contributed by atoms with van der Waals surface area (Å²) in [6.07, 6.45) is 10.4. The van der Waals surface area contributed by atoms with Gasteiger partial charge in [0.2, 0.25) is 5.91 Å². The molecule has 6 rings (SSSR count). The van der Waals surface area contributed by atoms with E-state index in [4.69, 9.17) is 30.6 Å². The van der Waals surface area contributed by atoms with Crippen LogP contribution in [0.3, 0.4) is 0 Å². The number of hydrazine groups is 2. The predicted molar refractivity (Wildman–Crippen MR) is 203 cm³/mol. The van der Waals surface area contributed by atoms with Crippen molar-refractivity contribution in [2.24, 2.45) is 58.0 Å². The van der Waals surface area contributed by atoms with Crippen LogP contribution < -0.4 is 17.1 Å². The Hall–Kier alpha value is -3.91. The zero-order valence-corrected chi connectivity index (χ0v) is 32.9. The Kier molecular flexibility index (Phi) is 12.6. The van der Waals surface area contributed by atoms with Crippen LogP contribution in [-0.4, -0.2) is 66.7 Å². The molecule has 10 atom stereocenters. The number of hydrogen-bond acceptors (Lipinski definition) is 11. The van der Waals surface area contributed by atoms with Crippen molar-refractivity contribution in [3.05, 3.63) is 65.5 Å². The third-order valence-corrected chi connectivity index (χ3v) is 14.3. The molecule has 300 valence electrons. The normalized spacial score (nSPS) is 31.7. The van der Waals surface area contributed by atoms with E-state index in [2.05, 4.69) is 25.8 Å². The minimum absolute atomic E-state index is 0.00900. The SMILES string of the molecule is COC(OC)c1cccc(C(=O)O[C@@H]2CC[C@@]3(C)[C@H](CC[C@@H]4[C@@H]3C[C@H](OC(=O)c3ccncc3)[C@]3(C)[C@@H]([C@H](C)CCC(=O)N(N)CC(=O)NN)CC[C@@H]43)C2)c1. The highest BCUT2D eigenvalue weighted by Gasteiger charge is 2.65. The number of aromatic nitrogens is 1. The maximum Gasteiger partial charge on any atom is 0.338 e. The van der Waals surface area contributed by atoms with Crippen LogP contribution in [0.15, 0.2) is 48.8 Å². The Balaban J connectivity index is 1.19. The molecule has 0 unspecified atom stereocenters. The number of nitrogens with one attached hydrogen (secondary N) is 1. The highest BCUT2D eigenvalue weighted by atomic mass is 16.7. The van der Waals surface area contributed by atoms with Crippen molar-refractivity contribution in [3.63, 3.8) is 0 Å². The molecule has 2 aromatic rings. The smallest absolute Gasteiger partial charge is 0.338 e. The molecule has 2 amide bonds. The molecule has 4 aliphatic carbocycles.